The van der Waals surface area contributed by atoms with Crippen molar-refractivity contribution in [1.82, 2.24) is 10.2 Å². The van der Waals surface area contributed by atoms with Crippen molar-refractivity contribution in [2.45, 2.75) is 25.0 Å². The number of amides is 2. The molecule has 0 bridgehead atoms. The number of rotatable bonds is 8. The van der Waals surface area contributed by atoms with Crippen molar-refractivity contribution in [1.29, 1.82) is 0 Å². The molecule has 3 aromatic rings. The molecule has 4 rings (SSSR count). The second-order valence-corrected chi connectivity index (χ2v) is 8.51. The van der Waals surface area contributed by atoms with E-state index in [2.05, 4.69) is 10.5 Å². The van der Waals surface area contributed by atoms with E-state index < -0.39 is 6.10 Å². The summed E-state index contributed by atoms with van der Waals surface area (Å²) in [6.07, 6.45) is -0.232. The average molecular weight is 472 g/mol. The molecule has 2 atom stereocenters. The van der Waals surface area contributed by atoms with Gasteiger partial charge in [0.05, 0.1) is 18.4 Å². The van der Waals surface area contributed by atoms with E-state index in [1.54, 1.807) is 4.90 Å². The van der Waals surface area contributed by atoms with Crippen LogP contribution in [-0.2, 0) is 9.63 Å². The van der Waals surface area contributed by atoms with Gasteiger partial charge in [-0.3, -0.25) is 9.59 Å². The molecular formula is C28H29N3O4. The zero-order chi connectivity index (χ0) is 24.6. The van der Waals surface area contributed by atoms with Gasteiger partial charge in [-0.25, -0.2) is 0 Å². The number of likely N-dealkylation sites (tertiary alicyclic amines) is 1. The molecule has 2 N–H and O–H groups in total. The Kier molecular flexibility index (Phi) is 7.90. The maximum atomic E-state index is 13.3. The summed E-state index contributed by atoms with van der Waals surface area (Å²) in [6, 6.07) is 26.3. The van der Waals surface area contributed by atoms with E-state index in [1.807, 2.05) is 84.9 Å². The Labute approximate surface area is 205 Å². The number of carbonyl (C=O) groups excluding carboxylic acids is 2. The number of nitrogens with zero attached hydrogens (tertiary/aromatic N) is 2. The van der Waals surface area contributed by atoms with Gasteiger partial charge in [-0.1, -0.05) is 78.0 Å². The fraction of sp³-hybridized carbons (Fsp3) is 0.250. The highest BCUT2D eigenvalue weighted by Gasteiger charge is 2.35. The van der Waals surface area contributed by atoms with Crippen LogP contribution in [0.4, 0.5) is 0 Å². The van der Waals surface area contributed by atoms with Crippen LogP contribution < -0.4 is 5.32 Å². The third-order valence-corrected chi connectivity index (χ3v) is 6.08. The highest BCUT2D eigenvalue weighted by atomic mass is 16.6. The first-order valence-electron chi connectivity index (χ1n) is 11.6. The minimum absolute atomic E-state index is 0.101. The summed E-state index contributed by atoms with van der Waals surface area (Å²) in [6.45, 7) is 0.404. The molecule has 1 saturated heterocycles. The number of benzene rings is 3. The third kappa shape index (κ3) is 6.13. The van der Waals surface area contributed by atoms with Crippen LogP contribution in [0, 0.1) is 0 Å². The van der Waals surface area contributed by atoms with E-state index in [9.17, 15) is 14.7 Å². The SMILES string of the molecule is CO/N=C1\CC(CC(=O)NCC(O)c2ccccc2)N(C(=O)c2ccc(-c3ccccc3)cc2)C1. The van der Waals surface area contributed by atoms with Gasteiger partial charge in [0, 0.05) is 31.0 Å². The van der Waals surface area contributed by atoms with Crippen molar-refractivity contribution < 1.29 is 19.5 Å². The van der Waals surface area contributed by atoms with Crippen LogP contribution in [0.1, 0.15) is 34.9 Å². The number of oxime groups is 1. The summed E-state index contributed by atoms with van der Waals surface area (Å²) in [4.78, 5) is 32.6. The van der Waals surface area contributed by atoms with Gasteiger partial charge in [-0.05, 0) is 28.8 Å². The molecule has 7 nitrogen and oxygen atoms in total. The molecule has 7 heteroatoms. The predicted octanol–water partition coefficient (Wildman–Crippen LogP) is 3.81. The maximum absolute atomic E-state index is 13.3. The van der Waals surface area contributed by atoms with Crippen LogP contribution in [0.2, 0.25) is 0 Å². The monoisotopic (exact) mass is 471 g/mol. The van der Waals surface area contributed by atoms with E-state index in [0.717, 1.165) is 16.7 Å². The largest absolute Gasteiger partial charge is 0.399 e. The number of aliphatic hydroxyl groups excluding tert-OH is 1. The second kappa shape index (κ2) is 11.4. The first-order valence-corrected chi connectivity index (χ1v) is 11.6. The highest BCUT2D eigenvalue weighted by Crippen LogP contribution is 2.24. The molecule has 1 fully saturated rings. The molecular weight excluding hydrogens is 442 g/mol. The Hall–Kier alpha value is -3.97. The summed E-state index contributed by atoms with van der Waals surface area (Å²) in [7, 11) is 1.46. The average Bonchev–Trinajstić information content (AvgIpc) is 3.30. The summed E-state index contributed by atoms with van der Waals surface area (Å²) in [5, 5.41) is 17.1. The van der Waals surface area contributed by atoms with E-state index in [0.29, 0.717) is 24.2 Å². The van der Waals surface area contributed by atoms with Crippen molar-refractivity contribution in [3.63, 3.8) is 0 Å². The lowest BCUT2D eigenvalue weighted by Gasteiger charge is -2.24. The van der Waals surface area contributed by atoms with Crippen LogP contribution >= 0.6 is 0 Å². The minimum atomic E-state index is -0.796. The molecule has 1 aliphatic heterocycles. The molecule has 3 aromatic carbocycles. The van der Waals surface area contributed by atoms with Gasteiger partial charge >= 0.3 is 0 Å². The lowest BCUT2D eigenvalue weighted by Crippen LogP contribution is -2.40. The lowest BCUT2D eigenvalue weighted by molar-refractivity contribution is -0.122. The van der Waals surface area contributed by atoms with Crippen LogP contribution in [-0.4, -0.2) is 53.8 Å². The van der Waals surface area contributed by atoms with E-state index in [4.69, 9.17) is 4.84 Å². The fourth-order valence-corrected chi connectivity index (χ4v) is 4.28. The molecule has 0 aromatic heterocycles. The number of carbonyl (C=O) groups is 2. The predicted molar refractivity (Wildman–Crippen MR) is 135 cm³/mol. The third-order valence-electron chi connectivity index (χ3n) is 6.08. The Balaban J connectivity index is 1.42. The number of aliphatic hydroxyl groups is 1. The molecule has 0 saturated carbocycles. The molecule has 0 radical (unpaired) electrons. The van der Waals surface area contributed by atoms with Crippen LogP contribution in [0.5, 0.6) is 0 Å². The molecule has 180 valence electrons. The summed E-state index contributed by atoms with van der Waals surface area (Å²) in [5.74, 6) is -0.395. The van der Waals surface area contributed by atoms with Crippen molar-refractivity contribution in [2.75, 3.05) is 20.2 Å². The van der Waals surface area contributed by atoms with Crippen LogP contribution in [0.15, 0.2) is 90.1 Å². The van der Waals surface area contributed by atoms with Gasteiger partial charge in [0.25, 0.3) is 5.91 Å². The van der Waals surface area contributed by atoms with Gasteiger partial charge in [0.1, 0.15) is 7.11 Å². The number of nitrogens with one attached hydrogen (secondary N) is 1. The Morgan fingerprint density at radius 2 is 1.63 bits per heavy atom. The Morgan fingerprint density at radius 1 is 1.00 bits per heavy atom. The zero-order valence-corrected chi connectivity index (χ0v) is 19.6. The Bertz CT molecular complexity index is 1160. The van der Waals surface area contributed by atoms with Gasteiger partial charge in [0.15, 0.2) is 0 Å². The molecule has 2 amide bonds. The molecule has 0 spiro atoms. The lowest BCUT2D eigenvalue weighted by atomic mass is 10.0. The smallest absolute Gasteiger partial charge is 0.254 e. The van der Waals surface area contributed by atoms with Gasteiger partial charge in [-0.15, -0.1) is 0 Å². The highest BCUT2D eigenvalue weighted by molar-refractivity contribution is 6.01. The van der Waals surface area contributed by atoms with Gasteiger partial charge < -0.3 is 20.2 Å². The number of hydrogen-bond acceptors (Lipinski definition) is 5. The zero-order valence-electron chi connectivity index (χ0n) is 19.6. The van der Waals surface area contributed by atoms with E-state index in [-0.39, 0.29) is 30.8 Å². The quantitative estimate of drug-likeness (QED) is 0.489. The van der Waals surface area contributed by atoms with Crippen molar-refractivity contribution >= 4 is 17.5 Å². The summed E-state index contributed by atoms with van der Waals surface area (Å²) >= 11 is 0. The molecule has 0 aliphatic carbocycles. The molecule has 1 heterocycles. The molecule has 1 aliphatic rings. The number of hydrogen-bond donors (Lipinski definition) is 2. The van der Waals surface area contributed by atoms with Crippen LogP contribution in [0.3, 0.4) is 0 Å². The molecule has 35 heavy (non-hydrogen) atoms. The second-order valence-electron chi connectivity index (χ2n) is 8.51. The summed E-state index contributed by atoms with van der Waals surface area (Å²) < 4.78 is 0. The van der Waals surface area contributed by atoms with Gasteiger partial charge in [-0.2, -0.15) is 0 Å². The normalized spacial score (nSPS) is 17.3. The first-order chi connectivity index (χ1) is 17.0. The van der Waals surface area contributed by atoms with Crippen molar-refractivity contribution in [3.05, 3.63) is 96.1 Å². The first kappa shape index (κ1) is 24.2. The minimum Gasteiger partial charge on any atom is -0.399 e. The fourth-order valence-electron chi connectivity index (χ4n) is 4.28. The standard InChI is InChI=1S/C28H29N3O4/c1-35-30-24-16-25(17-27(33)29-18-26(32)22-10-6-3-7-11-22)31(19-24)28(34)23-14-12-21(13-15-23)20-8-4-2-5-9-20/h2-15,25-26,32H,16-19H2,1H3,(H,29,33)/b30-24+. The van der Waals surface area contributed by atoms with Crippen molar-refractivity contribution in [3.8, 4) is 11.1 Å². The van der Waals surface area contributed by atoms with Crippen LogP contribution in [0.25, 0.3) is 11.1 Å². The van der Waals surface area contributed by atoms with E-state index in [1.165, 1.54) is 7.11 Å². The van der Waals surface area contributed by atoms with Crippen molar-refractivity contribution in [2.24, 2.45) is 5.16 Å². The van der Waals surface area contributed by atoms with E-state index >= 15 is 0 Å². The topological polar surface area (TPSA) is 91.2 Å². The maximum Gasteiger partial charge on any atom is 0.254 e. The summed E-state index contributed by atoms with van der Waals surface area (Å²) in [5.41, 5.74) is 4.10. The molecule has 2 unspecified atom stereocenters. The Morgan fingerprint density at radius 3 is 2.29 bits per heavy atom. The van der Waals surface area contributed by atoms with Gasteiger partial charge in [0.2, 0.25) is 5.91 Å².